The van der Waals surface area contributed by atoms with Crippen LogP contribution in [0.15, 0.2) is 249 Å². The Morgan fingerprint density at radius 1 is 0.190 bits per heavy atom. The molecule has 0 unspecified atom stereocenters. The second-order valence-corrected chi connectivity index (χ2v) is 16.5. The number of benzene rings is 12. The number of nitrogens with zero attached hydrogens (tertiary/aromatic N) is 1. The van der Waals surface area contributed by atoms with E-state index < -0.39 is 0 Å². The van der Waals surface area contributed by atoms with Crippen LogP contribution in [-0.4, -0.2) is 0 Å². The highest BCUT2D eigenvalue weighted by atomic mass is 15.1. The minimum atomic E-state index is 1.09. The number of hydrogen-bond donors (Lipinski definition) is 0. The monoisotopic (exact) mass is 799 g/mol. The molecular weight excluding hydrogens is 759 g/mol. The average molecular weight is 800 g/mol. The molecule has 63 heavy (non-hydrogen) atoms. The third kappa shape index (κ3) is 6.50. The van der Waals surface area contributed by atoms with Gasteiger partial charge in [-0.05, 0) is 147 Å². The van der Waals surface area contributed by atoms with Crippen LogP contribution in [0.4, 0.5) is 17.1 Å². The molecule has 0 radical (unpaired) electrons. The van der Waals surface area contributed by atoms with E-state index in [1.807, 2.05) is 0 Å². The van der Waals surface area contributed by atoms with E-state index in [1.54, 1.807) is 0 Å². The largest absolute Gasteiger partial charge is 0.310 e. The Kier molecular flexibility index (Phi) is 8.90. The lowest BCUT2D eigenvalue weighted by Crippen LogP contribution is -2.10. The number of rotatable bonds is 7. The zero-order valence-corrected chi connectivity index (χ0v) is 34.6. The van der Waals surface area contributed by atoms with Crippen LogP contribution in [-0.2, 0) is 0 Å². The van der Waals surface area contributed by atoms with Crippen LogP contribution in [0, 0.1) is 0 Å². The molecule has 0 heterocycles. The van der Waals surface area contributed by atoms with Crippen LogP contribution in [0.1, 0.15) is 0 Å². The quantitative estimate of drug-likeness (QED) is 0.145. The summed E-state index contributed by atoms with van der Waals surface area (Å²) in [6.07, 6.45) is 0. The second-order valence-electron chi connectivity index (χ2n) is 16.5. The van der Waals surface area contributed by atoms with Crippen LogP contribution in [0.3, 0.4) is 0 Å². The van der Waals surface area contributed by atoms with Crippen molar-refractivity contribution in [1.82, 2.24) is 0 Å². The Bertz CT molecular complexity index is 3660. The van der Waals surface area contributed by atoms with Crippen molar-refractivity contribution < 1.29 is 0 Å². The lowest BCUT2D eigenvalue weighted by Gasteiger charge is -2.27. The fourth-order valence-electron chi connectivity index (χ4n) is 9.76. The number of anilines is 3. The van der Waals surface area contributed by atoms with E-state index >= 15 is 0 Å². The molecular formula is C62H41N. The van der Waals surface area contributed by atoms with Gasteiger partial charge in [0, 0.05) is 17.1 Å². The van der Waals surface area contributed by atoms with E-state index in [0.717, 1.165) is 17.1 Å². The Morgan fingerprint density at radius 2 is 0.651 bits per heavy atom. The fourth-order valence-corrected chi connectivity index (χ4v) is 9.76. The van der Waals surface area contributed by atoms with Gasteiger partial charge in [-0.15, -0.1) is 0 Å². The highest BCUT2D eigenvalue weighted by molar-refractivity contribution is 6.22. The highest BCUT2D eigenvalue weighted by Crippen LogP contribution is 2.47. The molecule has 0 bridgehead atoms. The standard InChI is InChI=1S/C62H41N/c1-3-16-45(17-4-1)61-59-25-12-11-24-57(59)58-37-35-54(41-60(58)62(61)46-18-5-2-6-19-46)63(53-22-13-21-48(40-53)50-28-26-42-14-7-8-20-47(42)38-50)52-33-30-43(31-34-52)49-32-36-56-51(39-49)29-27-44-15-9-10-23-55(44)56/h1-41H. The summed E-state index contributed by atoms with van der Waals surface area (Å²) in [5.41, 5.74) is 12.9. The van der Waals surface area contributed by atoms with Crippen LogP contribution < -0.4 is 4.90 Å². The van der Waals surface area contributed by atoms with Crippen molar-refractivity contribution >= 4 is 70.9 Å². The summed E-state index contributed by atoms with van der Waals surface area (Å²) in [5, 5.41) is 12.5. The minimum absolute atomic E-state index is 1.09. The molecule has 1 heteroatoms. The molecule has 0 saturated heterocycles. The summed E-state index contributed by atoms with van der Waals surface area (Å²) in [6, 6.07) is 91.2. The van der Waals surface area contributed by atoms with Crippen molar-refractivity contribution in [2.75, 3.05) is 4.90 Å². The predicted molar refractivity (Wildman–Crippen MR) is 270 cm³/mol. The molecule has 0 aliphatic carbocycles. The normalized spacial score (nSPS) is 11.5. The summed E-state index contributed by atoms with van der Waals surface area (Å²) in [7, 11) is 0. The molecule has 0 aliphatic rings. The topological polar surface area (TPSA) is 3.24 Å². The molecule has 12 rings (SSSR count). The zero-order valence-electron chi connectivity index (χ0n) is 34.6. The molecule has 12 aromatic carbocycles. The summed E-state index contributed by atoms with van der Waals surface area (Å²) < 4.78 is 0. The van der Waals surface area contributed by atoms with Gasteiger partial charge in [0.05, 0.1) is 0 Å². The molecule has 0 spiro atoms. The van der Waals surface area contributed by atoms with Crippen LogP contribution >= 0.6 is 0 Å². The molecule has 0 saturated carbocycles. The summed E-state index contributed by atoms with van der Waals surface area (Å²) >= 11 is 0. The first-order chi connectivity index (χ1) is 31.2. The third-order valence-corrected chi connectivity index (χ3v) is 12.8. The Labute approximate surface area is 367 Å². The van der Waals surface area contributed by atoms with E-state index in [-0.39, 0.29) is 0 Å². The first-order valence-electron chi connectivity index (χ1n) is 21.7. The van der Waals surface area contributed by atoms with Crippen molar-refractivity contribution in [2.45, 2.75) is 0 Å². The van der Waals surface area contributed by atoms with Crippen molar-refractivity contribution in [1.29, 1.82) is 0 Å². The average Bonchev–Trinajstić information content (AvgIpc) is 3.36. The molecule has 0 N–H and O–H groups in total. The van der Waals surface area contributed by atoms with E-state index in [1.165, 1.54) is 98.4 Å². The summed E-state index contributed by atoms with van der Waals surface area (Å²) in [6.45, 7) is 0. The van der Waals surface area contributed by atoms with Gasteiger partial charge in [-0.3, -0.25) is 0 Å². The van der Waals surface area contributed by atoms with Gasteiger partial charge in [0.2, 0.25) is 0 Å². The van der Waals surface area contributed by atoms with Gasteiger partial charge < -0.3 is 4.90 Å². The second kappa shape index (κ2) is 15.3. The first kappa shape index (κ1) is 36.6. The maximum atomic E-state index is 2.42. The molecule has 0 aliphatic heterocycles. The molecule has 12 aromatic rings. The van der Waals surface area contributed by atoms with Crippen molar-refractivity contribution in [2.24, 2.45) is 0 Å². The van der Waals surface area contributed by atoms with Crippen LogP contribution in [0.2, 0.25) is 0 Å². The van der Waals surface area contributed by atoms with Gasteiger partial charge in [-0.2, -0.15) is 0 Å². The summed E-state index contributed by atoms with van der Waals surface area (Å²) in [4.78, 5) is 2.42. The van der Waals surface area contributed by atoms with Crippen LogP contribution in [0.25, 0.3) is 98.4 Å². The first-order valence-corrected chi connectivity index (χ1v) is 21.7. The third-order valence-electron chi connectivity index (χ3n) is 12.8. The lowest BCUT2D eigenvalue weighted by molar-refractivity contribution is 1.29. The maximum Gasteiger partial charge on any atom is 0.0468 e. The molecule has 0 atom stereocenters. The van der Waals surface area contributed by atoms with Crippen molar-refractivity contribution in [3.63, 3.8) is 0 Å². The number of fused-ring (bicyclic) bond motifs is 7. The maximum absolute atomic E-state index is 2.42. The molecule has 1 nitrogen and oxygen atoms in total. The van der Waals surface area contributed by atoms with Crippen LogP contribution in [0.5, 0.6) is 0 Å². The highest BCUT2D eigenvalue weighted by Gasteiger charge is 2.21. The van der Waals surface area contributed by atoms with Gasteiger partial charge in [0.15, 0.2) is 0 Å². The Balaban J connectivity index is 1.06. The Morgan fingerprint density at radius 3 is 1.43 bits per heavy atom. The van der Waals surface area contributed by atoms with Crippen molar-refractivity contribution in [3.8, 4) is 44.5 Å². The van der Waals surface area contributed by atoms with Gasteiger partial charge in [-0.1, -0.05) is 200 Å². The Hall–Kier alpha value is -8.26. The van der Waals surface area contributed by atoms with Gasteiger partial charge in [0.25, 0.3) is 0 Å². The lowest BCUT2D eigenvalue weighted by atomic mass is 9.85. The van der Waals surface area contributed by atoms with E-state index in [9.17, 15) is 0 Å². The predicted octanol–water partition coefficient (Wildman–Crippen LogP) is 17.6. The van der Waals surface area contributed by atoms with E-state index in [2.05, 4.69) is 254 Å². The van der Waals surface area contributed by atoms with Gasteiger partial charge in [-0.25, -0.2) is 0 Å². The van der Waals surface area contributed by atoms with E-state index in [0.29, 0.717) is 0 Å². The van der Waals surface area contributed by atoms with Gasteiger partial charge >= 0.3 is 0 Å². The van der Waals surface area contributed by atoms with Gasteiger partial charge in [0.1, 0.15) is 0 Å². The molecule has 0 aromatic heterocycles. The molecule has 294 valence electrons. The minimum Gasteiger partial charge on any atom is -0.310 e. The molecule has 0 fully saturated rings. The smallest absolute Gasteiger partial charge is 0.0468 e. The summed E-state index contributed by atoms with van der Waals surface area (Å²) in [5.74, 6) is 0. The zero-order chi connectivity index (χ0) is 41.7. The number of hydrogen-bond acceptors (Lipinski definition) is 1. The molecule has 0 amide bonds. The fraction of sp³-hybridized carbons (Fsp3) is 0. The SMILES string of the molecule is c1ccc(-c2c(-c3ccccc3)c3cc(N(c4ccc(-c5ccc6c(ccc7ccccc76)c5)cc4)c4cccc(-c5ccc6ccccc6c5)c4)ccc3c3ccccc23)cc1. The van der Waals surface area contributed by atoms with Crippen molar-refractivity contribution in [3.05, 3.63) is 249 Å². The van der Waals surface area contributed by atoms with E-state index in [4.69, 9.17) is 0 Å².